The molecule has 2 rings (SSSR count). The summed E-state index contributed by atoms with van der Waals surface area (Å²) in [5.41, 5.74) is 3.15. The maximum atomic E-state index is 12.4. The van der Waals surface area contributed by atoms with Crippen LogP contribution in [0.4, 0.5) is 4.79 Å². The molecule has 0 saturated heterocycles. The lowest BCUT2D eigenvalue weighted by molar-refractivity contribution is 0.195. The number of nitrogens with zero attached hydrogens (tertiary/aromatic N) is 3. The van der Waals surface area contributed by atoms with Crippen molar-refractivity contribution in [1.29, 1.82) is 0 Å². The first kappa shape index (κ1) is 18.4. The van der Waals surface area contributed by atoms with Gasteiger partial charge in [-0.2, -0.15) is 0 Å². The van der Waals surface area contributed by atoms with Crippen LogP contribution >= 0.6 is 11.3 Å². The van der Waals surface area contributed by atoms with Crippen LogP contribution in [0.25, 0.3) is 0 Å². The zero-order chi connectivity index (χ0) is 17.7. The number of aryl methyl sites for hydroxylation is 3. The Hall–Kier alpha value is -1.95. The van der Waals surface area contributed by atoms with Crippen molar-refractivity contribution in [3.8, 4) is 0 Å². The first-order valence-corrected chi connectivity index (χ1v) is 9.12. The molecule has 0 fully saturated rings. The zero-order valence-electron chi connectivity index (χ0n) is 15.1. The molecule has 0 saturated carbocycles. The maximum Gasteiger partial charge on any atom is 0.317 e. The minimum atomic E-state index is -0.0616. The largest absolute Gasteiger partial charge is 0.338 e. The van der Waals surface area contributed by atoms with E-state index in [9.17, 15) is 4.79 Å². The van der Waals surface area contributed by atoms with Crippen LogP contribution in [0.2, 0.25) is 0 Å². The van der Waals surface area contributed by atoms with Gasteiger partial charge in [0.25, 0.3) is 0 Å². The summed E-state index contributed by atoms with van der Waals surface area (Å²) < 4.78 is 0. The van der Waals surface area contributed by atoms with Gasteiger partial charge >= 0.3 is 6.03 Å². The van der Waals surface area contributed by atoms with Gasteiger partial charge in [0.2, 0.25) is 0 Å². The highest BCUT2D eigenvalue weighted by molar-refractivity contribution is 7.11. The molecule has 0 aliphatic heterocycles. The molecule has 0 aromatic carbocycles. The Bertz CT molecular complexity index is 681. The second-order valence-corrected chi connectivity index (χ2v) is 7.10. The van der Waals surface area contributed by atoms with Crippen molar-refractivity contribution in [3.63, 3.8) is 0 Å². The highest BCUT2D eigenvalue weighted by Gasteiger charge is 2.21. The van der Waals surface area contributed by atoms with Crippen molar-refractivity contribution in [2.24, 2.45) is 0 Å². The highest BCUT2D eigenvalue weighted by atomic mass is 32.1. The van der Waals surface area contributed by atoms with E-state index in [1.165, 1.54) is 0 Å². The standard InChI is InChI=1S/C18H26N4OS/c1-6-16-21-13(3)17(24-16)14(4)22(5)18(23)19-10-9-15-8-7-12(2)20-11-15/h7-8,11,14H,6,9-10H2,1-5H3,(H,19,23). The summed E-state index contributed by atoms with van der Waals surface area (Å²) in [6, 6.07) is 3.99. The summed E-state index contributed by atoms with van der Waals surface area (Å²) in [5, 5.41) is 4.10. The van der Waals surface area contributed by atoms with E-state index in [1.807, 2.05) is 46.1 Å². The first-order chi connectivity index (χ1) is 11.4. The summed E-state index contributed by atoms with van der Waals surface area (Å²) in [7, 11) is 1.83. The number of hydrogen-bond donors (Lipinski definition) is 1. The third-order valence-electron chi connectivity index (χ3n) is 4.12. The maximum absolute atomic E-state index is 12.4. The van der Waals surface area contributed by atoms with Crippen LogP contribution < -0.4 is 5.32 Å². The van der Waals surface area contributed by atoms with Crippen molar-refractivity contribution < 1.29 is 4.79 Å². The molecular weight excluding hydrogens is 320 g/mol. The molecule has 0 spiro atoms. The smallest absolute Gasteiger partial charge is 0.317 e. The van der Waals surface area contributed by atoms with Crippen molar-refractivity contribution in [3.05, 3.63) is 45.2 Å². The number of nitrogens with one attached hydrogen (secondary N) is 1. The van der Waals surface area contributed by atoms with Crippen LogP contribution in [-0.4, -0.2) is 34.5 Å². The predicted molar refractivity (Wildman–Crippen MR) is 98.5 cm³/mol. The number of urea groups is 1. The van der Waals surface area contributed by atoms with Gasteiger partial charge in [0.15, 0.2) is 0 Å². The lowest BCUT2D eigenvalue weighted by Gasteiger charge is -2.24. The Balaban J connectivity index is 1.88. The highest BCUT2D eigenvalue weighted by Crippen LogP contribution is 2.28. The second-order valence-electron chi connectivity index (χ2n) is 5.99. The van der Waals surface area contributed by atoms with Crippen molar-refractivity contribution >= 4 is 17.4 Å². The van der Waals surface area contributed by atoms with E-state index in [-0.39, 0.29) is 12.1 Å². The lowest BCUT2D eigenvalue weighted by atomic mass is 10.2. The van der Waals surface area contributed by atoms with Crippen LogP contribution in [0, 0.1) is 13.8 Å². The van der Waals surface area contributed by atoms with Gasteiger partial charge in [-0.05, 0) is 45.2 Å². The van der Waals surface area contributed by atoms with Crippen LogP contribution in [0.5, 0.6) is 0 Å². The van der Waals surface area contributed by atoms with Crippen LogP contribution in [0.3, 0.4) is 0 Å². The molecule has 0 aliphatic carbocycles. The molecule has 24 heavy (non-hydrogen) atoms. The van der Waals surface area contributed by atoms with Crippen molar-refractivity contribution in [2.45, 2.75) is 46.6 Å². The average Bonchev–Trinajstić information content (AvgIpc) is 2.96. The minimum Gasteiger partial charge on any atom is -0.338 e. The van der Waals surface area contributed by atoms with E-state index in [1.54, 1.807) is 16.2 Å². The summed E-state index contributed by atoms with van der Waals surface area (Å²) in [5.74, 6) is 0. The van der Waals surface area contributed by atoms with E-state index in [0.717, 1.165) is 39.7 Å². The summed E-state index contributed by atoms with van der Waals surface area (Å²) in [6.45, 7) is 8.72. The predicted octanol–water partition coefficient (Wildman–Crippen LogP) is 3.66. The molecule has 0 bridgehead atoms. The van der Waals surface area contributed by atoms with Gasteiger partial charge in [-0.15, -0.1) is 11.3 Å². The molecule has 1 atom stereocenters. The Kier molecular flexibility index (Phi) is 6.31. The fraction of sp³-hybridized carbons (Fsp3) is 0.500. The molecule has 1 unspecified atom stereocenters. The van der Waals surface area contributed by atoms with Crippen molar-refractivity contribution in [2.75, 3.05) is 13.6 Å². The minimum absolute atomic E-state index is 0.0174. The quantitative estimate of drug-likeness (QED) is 0.868. The molecule has 2 aromatic heterocycles. The number of amides is 2. The number of pyridine rings is 1. The topological polar surface area (TPSA) is 58.1 Å². The summed E-state index contributed by atoms with van der Waals surface area (Å²) in [6.07, 6.45) is 3.57. The monoisotopic (exact) mass is 346 g/mol. The summed E-state index contributed by atoms with van der Waals surface area (Å²) >= 11 is 1.69. The van der Waals surface area contributed by atoms with E-state index in [4.69, 9.17) is 0 Å². The van der Waals surface area contributed by atoms with Gasteiger partial charge in [-0.25, -0.2) is 9.78 Å². The van der Waals surface area contributed by atoms with Crippen LogP contribution in [0.15, 0.2) is 18.3 Å². The van der Waals surface area contributed by atoms with Crippen LogP contribution in [0.1, 0.15) is 46.7 Å². The number of aromatic nitrogens is 2. The molecular formula is C18H26N4OS. The van der Waals surface area contributed by atoms with Gasteiger partial charge < -0.3 is 10.2 Å². The normalized spacial score (nSPS) is 12.0. The average molecular weight is 346 g/mol. The molecule has 1 N–H and O–H groups in total. The molecule has 130 valence electrons. The fourth-order valence-corrected chi connectivity index (χ4v) is 3.54. The molecule has 6 heteroatoms. The number of thiazole rings is 1. The van der Waals surface area contributed by atoms with E-state index in [2.05, 4.69) is 22.2 Å². The van der Waals surface area contributed by atoms with E-state index < -0.39 is 0 Å². The Morgan fingerprint density at radius 2 is 2.12 bits per heavy atom. The molecule has 2 heterocycles. The van der Waals surface area contributed by atoms with Gasteiger partial charge in [0.1, 0.15) is 0 Å². The van der Waals surface area contributed by atoms with Gasteiger partial charge in [0.05, 0.1) is 16.7 Å². The van der Waals surface area contributed by atoms with Gasteiger partial charge in [-0.1, -0.05) is 13.0 Å². The Morgan fingerprint density at radius 1 is 1.38 bits per heavy atom. The molecule has 5 nitrogen and oxygen atoms in total. The van der Waals surface area contributed by atoms with E-state index in [0.29, 0.717) is 6.54 Å². The Morgan fingerprint density at radius 3 is 2.71 bits per heavy atom. The Labute approximate surface area is 148 Å². The van der Waals surface area contributed by atoms with Gasteiger partial charge in [0, 0.05) is 30.4 Å². The number of rotatable bonds is 6. The third-order valence-corrected chi connectivity index (χ3v) is 5.59. The van der Waals surface area contributed by atoms with Crippen LogP contribution in [-0.2, 0) is 12.8 Å². The fourth-order valence-electron chi connectivity index (χ4n) is 2.44. The first-order valence-electron chi connectivity index (χ1n) is 8.30. The van der Waals surface area contributed by atoms with Gasteiger partial charge in [-0.3, -0.25) is 4.98 Å². The number of carbonyl (C=O) groups is 1. The number of carbonyl (C=O) groups excluding carboxylic acids is 1. The SMILES string of the molecule is CCc1nc(C)c(C(C)N(C)C(=O)NCCc2ccc(C)nc2)s1. The van der Waals surface area contributed by atoms with Crippen molar-refractivity contribution in [1.82, 2.24) is 20.2 Å². The molecule has 2 amide bonds. The van der Waals surface area contributed by atoms with E-state index >= 15 is 0 Å². The molecule has 0 radical (unpaired) electrons. The summed E-state index contributed by atoms with van der Waals surface area (Å²) in [4.78, 5) is 24.1. The lowest BCUT2D eigenvalue weighted by Crippen LogP contribution is -2.39. The third kappa shape index (κ3) is 4.54. The molecule has 2 aromatic rings. The zero-order valence-corrected chi connectivity index (χ0v) is 15.9. The second kappa shape index (κ2) is 8.24. The molecule has 0 aliphatic rings. The number of hydrogen-bond acceptors (Lipinski definition) is 4.